The van der Waals surface area contributed by atoms with Crippen molar-refractivity contribution in [2.45, 2.75) is 25.8 Å². The Morgan fingerprint density at radius 3 is 2.32 bits per heavy atom. The molecule has 1 amide bonds. The highest BCUT2D eigenvalue weighted by molar-refractivity contribution is 7.12. The van der Waals surface area contributed by atoms with Gasteiger partial charge < -0.3 is 10.6 Å². The molecule has 134 valence electrons. The molecule has 0 bridgehead atoms. The van der Waals surface area contributed by atoms with Crippen molar-refractivity contribution in [3.05, 3.63) is 57.8 Å². The Kier molecular flexibility index (Phi) is 6.76. The zero-order valence-corrected chi connectivity index (χ0v) is 15.8. The van der Waals surface area contributed by atoms with Crippen molar-refractivity contribution < 1.29 is 9.59 Å². The van der Waals surface area contributed by atoms with Crippen molar-refractivity contribution in [1.29, 1.82) is 0 Å². The first kappa shape index (κ1) is 19.6. The number of hydrogen-bond acceptors (Lipinski definition) is 4. The van der Waals surface area contributed by atoms with Crippen LogP contribution in [-0.2, 0) is 0 Å². The molecule has 4 nitrogen and oxygen atoms in total. The van der Waals surface area contributed by atoms with E-state index in [2.05, 4.69) is 0 Å². The fourth-order valence-electron chi connectivity index (χ4n) is 3.21. The highest BCUT2D eigenvalue weighted by Gasteiger charge is 2.27. The van der Waals surface area contributed by atoms with E-state index in [0.717, 1.165) is 12.8 Å². The van der Waals surface area contributed by atoms with Gasteiger partial charge in [0.1, 0.15) is 0 Å². The molecule has 1 aliphatic rings. The smallest absolute Gasteiger partial charge is 0.254 e. The van der Waals surface area contributed by atoms with Gasteiger partial charge in [-0.15, -0.1) is 23.7 Å². The predicted octanol–water partition coefficient (Wildman–Crippen LogP) is 3.60. The summed E-state index contributed by atoms with van der Waals surface area (Å²) in [6.45, 7) is 3.43. The Morgan fingerprint density at radius 2 is 1.76 bits per heavy atom. The zero-order chi connectivity index (χ0) is 17.1. The summed E-state index contributed by atoms with van der Waals surface area (Å²) in [7, 11) is 0. The molecular weight excluding hydrogens is 356 g/mol. The molecule has 3 rings (SSSR count). The van der Waals surface area contributed by atoms with Gasteiger partial charge in [-0.3, -0.25) is 9.59 Å². The van der Waals surface area contributed by atoms with Crippen molar-refractivity contribution in [1.82, 2.24) is 4.90 Å². The van der Waals surface area contributed by atoms with E-state index in [0.29, 0.717) is 35.0 Å². The molecule has 2 aromatic rings. The van der Waals surface area contributed by atoms with E-state index in [-0.39, 0.29) is 30.1 Å². The molecular formula is C19H23ClN2O2S. The molecule has 1 atom stereocenters. The summed E-state index contributed by atoms with van der Waals surface area (Å²) in [6.07, 6.45) is 1.84. The molecule has 1 aliphatic heterocycles. The maximum absolute atomic E-state index is 12.9. The summed E-state index contributed by atoms with van der Waals surface area (Å²) in [6, 6.07) is 10.9. The molecule has 1 saturated heterocycles. The predicted molar refractivity (Wildman–Crippen MR) is 104 cm³/mol. The summed E-state index contributed by atoms with van der Waals surface area (Å²) < 4.78 is 0. The summed E-state index contributed by atoms with van der Waals surface area (Å²) in [4.78, 5) is 28.1. The first-order valence-corrected chi connectivity index (χ1v) is 9.18. The third-order valence-corrected chi connectivity index (χ3v) is 5.59. The number of carbonyl (C=O) groups excluding carboxylic acids is 2. The lowest BCUT2D eigenvalue weighted by Gasteiger charge is -2.34. The number of likely N-dealkylation sites (tertiary alicyclic amines) is 1. The molecule has 1 fully saturated rings. The van der Waals surface area contributed by atoms with Gasteiger partial charge in [-0.2, -0.15) is 0 Å². The highest BCUT2D eigenvalue weighted by Crippen LogP contribution is 2.24. The lowest BCUT2D eigenvalue weighted by Crippen LogP contribution is -2.42. The normalized spacial score (nSPS) is 16.2. The zero-order valence-electron chi connectivity index (χ0n) is 14.2. The molecule has 0 saturated carbocycles. The summed E-state index contributed by atoms with van der Waals surface area (Å²) in [5, 5.41) is 1.87. The third kappa shape index (κ3) is 4.29. The summed E-state index contributed by atoms with van der Waals surface area (Å²) >= 11 is 1.40. The van der Waals surface area contributed by atoms with Gasteiger partial charge in [0, 0.05) is 24.7 Å². The number of carbonyl (C=O) groups is 2. The average Bonchev–Trinajstić information content (AvgIpc) is 3.15. The molecule has 2 heterocycles. The second kappa shape index (κ2) is 8.61. The summed E-state index contributed by atoms with van der Waals surface area (Å²) in [5.74, 6) is 0.329. The van der Waals surface area contributed by atoms with E-state index in [1.54, 1.807) is 24.3 Å². The maximum atomic E-state index is 12.9. The van der Waals surface area contributed by atoms with Crippen molar-refractivity contribution in [2.75, 3.05) is 13.1 Å². The van der Waals surface area contributed by atoms with Gasteiger partial charge in [0.15, 0.2) is 0 Å². The van der Waals surface area contributed by atoms with Crippen LogP contribution in [0.25, 0.3) is 0 Å². The first-order chi connectivity index (χ1) is 11.6. The van der Waals surface area contributed by atoms with E-state index < -0.39 is 0 Å². The van der Waals surface area contributed by atoms with Crippen LogP contribution in [0.2, 0.25) is 0 Å². The van der Waals surface area contributed by atoms with E-state index in [1.165, 1.54) is 11.3 Å². The van der Waals surface area contributed by atoms with Crippen LogP contribution in [-0.4, -0.2) is 35.7 Å². The number of ketones is 1. The van der Waals surface area contributed by atoms with Gasteiger partial charge >= 0.3 is 0 Å². The lowest BCUT2D eigenvalue weighted by atomic mass is 9.90. The number of piperidine rings is 1. The molecule has 25 heavy (non-hydrogen) atoms. The standard InChI is InChI=1S/C19H22N2O2S.ClH/c1-13(20)14-8-10-21(11-9-14)19(23)16-6-3-2-5-15(16)18(22)17-7-4-12-24-17;/h2-7,12-14H,8-11,20H2,1H3;1H. The Balaban J connectivity index is 0.00000225. The monoisotopic (exact) mass is 378 g/mol. The Morgan fingerprint density at radius 1 is 1.12 bits per heavy atom. The van der Waals surface area contributed by atoms with Gasteiger partial charge in [0.25, 0.3) is 5.91 Å². The number of halogens is 1. The van der Waals surface area contributed by atoms with Crippen LogP contribution in [0, 0.1) is 5.92 Å². The molecule has 1 unspecified atom stereocenters. The quantitative estimate of drug-likeness (QED) is 0.827. The second-order valence-electron chi connectivity index (χ2n) is 6.34. The number of hydrogen-bond donors (Lipinski definition) is 1. The van der Waals surface area contributed by atoms with Crippen molar-refractivity contribution in [2.24, 2.45) is 11.7 Å². The van der Waals surface area contributed by atoms with Gasteiger partial charge in [-0.05, 0) is 43.2 Å². The van der Waals surface area contributed by atoms with Gasteiger partial charge in [-0.25, -0.2) is 0 Å². The molecule has 2 N–H and O–H groups in total. The van der Waals surface area contributed by atoms with E-state index in [9.17, 15) is 9.59 Å². The minimum absolute atomic E-state index is 0. The molecule has 0 aliphatic carbocycles. The number of amides is 1. The minimum atomic E-state index is -0.0839. The van der Waals surface area contributed by atoms with Crippen LogP contribution in [0.4, 0.5) is 0 Å². The van der Waals surface area contributed by atoms with Crippen LogP contribution in [0.15, 0.2) is 41.8 Å². The number of nitrogens with two attached hydrogens (primary N) is 1. The highest BCUT2D eigenvalue weighted by atomic mass is 35.5. The van der Waals surface area contributed by atoms with E-state index in [1.807, 2.05) is 29.3 Å². The Bertz CT molecular complexity index is 723. The summed E-state index contributed by atoms with van der Waals surface area (Å²) in [5.41, 5.74) is 6.95. The third-order valence-electron chi connectivity index (χ3n) is 4.72. The molecule has 0 radical (unpaired) electrons. The van der Waals surface area contributed by atoms with Crippen LogP contribution in [0.1, 0.15) is 45.4 Å². The van der Waals surface area contributed by atoms with Crippen LogP contribution in [0.5, 0.6) is 0 Å². The van der Waals surface area contributed by atoms with E-state index in [4.69, 9.17) is 5.73 Å². The first-order valence-electron chi connectivity index (χ1n) is 8.30. The maximum Gasteiger partial charge on any atom is 0.254 e. The van der Waals surface area contributed by atoms with Crippen LogP contribution < -0.4 is 5.73 Å². The van der Waals surface area contributed by atoms with Crippen molar-refractivity contribution >= 4 is 35.4 Å². The molecule has 6 heteroatoms. The molecule has 1 aromatic carbocycles. The number of thiophene rings is 1. The van der Waals surface area contributed by atoms with Gasteiger partial charge in [0.05, 0.1) is 10.4 Å². The second-order valence-corrected chi connectivity index (χ2v) is 7.29. The number of benzene rings is 1. The van der Waals surface area contributed by atoms with Gasteiger partial charge in [-0.1, -0.05) is 24.3 Å². The Labute approximate surface area is 158 Å². The van der Waals surface area contributed by atoms with Crippen LogP contribution in [0.3, 0.4) is 0 Å². The Hall–Kier alpha value is -1.69. The molecule has 0 spiro atoms. The average molecular weight is 379 g/mol. The number of nitrogens with zero attached hydrogens (tertiary/aromatic N) is 1. The fourth-order valence-corrected chi connectivity index (χ4v) is 3.88. The molecule has 1 aromatic heterocycles. The van der Waals surface area contributed by atoms with Crippen molar-refractivity contribution in [3.63, 3.8) is 0 Å². The fraction of sp³-hybridized carbons (Fsp3) is 0.368. The largest absolute Gasteiger partial charge is 0.339 e. The topological polar surface area (TPSA) is 63.4 Å². The van der Waals surface area contributed by atoms with Gasteiger partial charge in [0.2, 0.25) is 5.78 Å². The number of rotatable bonds is 4. The minimum Gasteiger partial charge on any atom is -0.339 e. The van der Waals surface area contributed by atoms with E-state index >= 15 is 0 Å². The SMILES string of the molecule is CC(N)C1CCN(C(=O)c2ccccc2C(=O)c2cccs2)CC1.Cl. The lowest BCUT2D eigenvalue weighted by molar-refractivity contribution is 0.0677. The van der Waals surface area contributed by atoms with Crippen molar-refractivity contribution in [3.8, 4) is 0 Å². The van der Waals surface area contributed by atoms with Crippen LogP contribution >= 0.6 is 23.7 Å².